The molecule has 0 bridgehead atoms. The van der Waals surface area contributed by atoms with Crippen molar-refractivity contribution in [2.24, 2.45) is 0 Å². The summed E-state index contributed by atoms with van der Waals surface area (Å²) in [7, 11) is 4.19. The van der Waals surface area contributed by atoms with E-state index in [9.17, 15) is 0 Å². The topological polar surface area (TPSA) is 36.3 Å². The Balaban J connectivity index is 1.24. The molecule has 1 atom stereocenters. The number of anilines is 1. The van der Waals surface area contributed by atoms with Gasteiger partial charge in [-0.05, 0) is 53.4 Å². The molecule has 0 saturated heterocycles. The molecule has 2 aromatic carbocycles. The average Bonchev–Trinajstić information content (AvgIpc) is 3.43. The minimum absolute atomic E-state index is 0.370. The van der Waals surface area contributed by atoms with E-state index in [1.807, 2.05) is 42.0 Å². The normalized spacial score (nSPS) is 18.9. The van der Waals surface area contributed by atoms with E-state index in [2.05, 4.69) is 75.9 Å². The van der Waals surface area contributed by atoms with Crippen LogP contribution in [0.15, 0.2) is 72.0 Å². The highest BCUT2D eigenvalue weighted by atomic mass is 32.2. The predicted octanol–water partition coefficient (Wildman–Crippen LogP) is 4.32. The maximum Gasteiger partial charge on any atom is 0.134 e. The highest BCUT2D eigenvalue weighted by molar-refractivity contribution is 8.03. The maximum absolute atomic E-state index is 4.30. The number of fused-ring (bicyclic) bond motifs is 1. The molecule has 0 fully saturated rings. The largest absolute Gasteiger partial charge is 0.388 e. The lowest BCUT2D eigenvalue weighted by Gasteiger charge is -2.36. The summed E-state index contributed by atoms with van der Waals surface area (Å²) in [6.07, 6.45) is 8.19. The van der Waals surface area contributed by atoms with Crippen molar-refractivity contribution in [2.75, 3.05) is 26.0 Å². The summed E-state index contributed by atoms with van der Waals surface area (Å²) in [6, 6.07) is 17.4. The van der Waals surface area contributed by atoms with E-state index in [0.29, 0.717) is 5.50 Å². The van der Waals surface area contributed by atoms with Crippen LogP contribution in [0.2, 0.25) is 0 Å². The van der Waals surface area contributed by atoms with Crippen molar-refractivity contribution in [1.29, 1.82) is 0 Å². The Kier molecular flexibility index (Phi) is 5.27. The van der Waals surface area contributed by atoms with Gasteiger partial charge in [0.1, 0.15) is 5.50 Å². The fourth-order valence-corrected chi connectivity index (χ4v) is 5.58. The third-order valence-electron chi connectivity index (χ3n) is 5.89. The summed E-state index contributed by atoms with van der Waals surface area (Å²) >= 11 is 1.99. The van der Waals surface area contributed by atoms with Gasteiger partial charge in [-0.15, -0.1) is 0 Å². The fourth-order valence-electron chi connectivity index (χ4n) is 4.27. The van der Waals surface area contributed by atoms with Gasteiger partial charge in [0, 0.05) is 62.8 Å². The van der Waals surface area contributed by atoms with Gasteiger partial charge in [0.2, 0.25) is 0 Å². The molecule has 0 saturated carbocycles. The van der Waals surface area contributed by atoms with Crippen LogP contribution in [0.25, 0.3) is 5.69 Å². The number of aromatic nitrogens is 2. The Labute approximate surface area is 182 Å². The number of allylic oxidation sites excluding steroid dienone is 1. The standard InChI is InChI=1S/C24H27N5S/c1-25-21-7-6-19-10-13-28(16-20(19)15-21)24-27(2)17-23(30-24)14-18-4-8-22(9-5-18)29-12-3-11-26-29/h3-9,11-12,15,17,24-25H,10,13-14,16H2,1-2H3. The number of hydrogen-bond acceptors (Lipinski definition) is 5. The van der Waals surface area contributed by atoms with Crippen molar-refractivity contribution in [3.63, 3.8) is 0 Å². The lowest BCUT2D eigenvalue weighted by atomic mass is 9.99. The first-order chi connectivity index (χ1) is 14.7. The maximum atomic E-state index is 4.30. The van der Waals surface area contributed by atoms with Crippen molar-refractivity contribution in [1.82, 2.24) is 19.6 Å². The van der Waals surface area contributed by atoms with E-state index in [0.717, 1.165) is 31.6 Å². The molecule has 154 valence electrons. The Hall–Kier alpha value is -2.70. The minimum atomic E-state index is 0.370. The second-order valence-corrected chi connectivity index (χ2v) is 9.13. The Morgan fingerprint density at radius 2 is 2.00 bits per heavy atom. The lowest BCUT2D eigenvalue weighted by molar-refractivity contribution is 0.151. The van der Waals surface area contributed by atoms with Gasteiger partial charge in [-0.3, -0.25) is 4.90 Å². The van der Waals surface area contributed by atoms with Crippen molar-refractivity contribution < 1.29 is 0 Å². The van der Waals surface area contributed by atoms with Crippen LogP contribution < -0.4 is 5.32 Å². The monoisotopic (exact) mass is 417 g/mol. The summed E-state index contributed by atoms with van der Waals surface area (Å²) < 4.78 is 1.89. The zero-order valence-electron chi connectivity index (χ0n) is 17.5. The van der Waals surface area contributed by atoms with Crippen molar-refractivity contribution in [3.8, 4) is 5.69 Å². The highest BCUT2D eigenvalue weighted by Crippen LogP contribution is 2.38. The summed E-state index contributed by atoms with van der Waals surface area (Å²) in [5.41, 5.74) is 6.93. The molecule has 0 spiro atoms. The molecule has 5 rings (SSSR count). The molecule has 2 aliphatic heterocycles. The first-order valence-corrected chi connectivity index (χ1v) is 11.3. The average molecular weight is 418 g/mol. The third-order valence-corrected chi connectivity index (χ3v) is 7.28. The summed E-state index contributed by atoms with van der Waals surface area (Å²) in [4.78, 5) is 6.38. The SMILES string of the molecule is CNc1ccc2c(c1)CN(C1SC(Cc3ccc(-n4cccn4)cc3)=CN1C)CC2. The quantitative estimate of drug-likeness (QED) is 0.669. The molecule has 0 radical (unpaired) electrons. The van der Waals surface area contributed by atoms with Crippen LogP contribution in [0, 0.1) is 0 Å². The molecular formula is C24H27N5S. The molecule has 30 heavy (non-hydrogen) atoms. The number of rotatable bonds is 5. The third kappa shape index (κ3) is 3.85. The number of hydrogen-bond donors (Lipinski definition) is 1. The second kappa shape index (κ2) is 8.20. The van der Waals surface area contributed by atoms with E-state index < -0.39 is 0 Å². The van der Waals surface area contributed by atoms with Crippen LogP contribution in [-0.4, -0.2) is 45.7 Å². The van der Waals surface area contributed by atoms with Crippen molar-refractivity contribution in [2.45, 2.75) is 24.9 Å². The van der Waals surface area contributed by atoms with Gasteiger partial charge in [0.25, 0.3) is 0 Å². The van der Waals surface area contributed by atoms with Gasteiger partial charge in [-0.1, -0.05) is 30.0 Å². The summed E-state index contributed by atoms with van der Waals surface area (Å²) in [5.74, 6) is 0. The first-order valence-electron chi connectivity index (χ1n) is 10.4. The van der Waals surface area contributed by atoms with Crippen LogP contribution in [-0.2, 0) is 19.4 Å². The molecule has 5 nitrogen and oxygen atoms in total. The van der Waals surface area contributed by atoms with Crippen LogP contribution in [0.1, 0.15) is 16.7 Å². The number of nitrogens with zero attached hydrogens (tertiary/aromatic N) is 4. The van der Waals surface area contributed by atoms with Gasteiger partial charge >= 0.3 is 0 Å². The molecule has 1 unspecified atom stereocenters. The molecule has 0 aliphatic carbocycles. The zero-order valence-corrected chi connectivity index (χ0v) is 18.3. The molecule has 0 amide bonds. The molecule has 1 N–H and O–H groups in total. The Bertz CT molecular complexity index is 1040. The van der Waals surface area contributed by atoms with E-state index in [-0.39, 0.29) is 0 Å². The number of benzene rings is 2. The Morgan fingerprint density at radius 3 is 2.77 bits per heavy atom. The first kappa shape index (κ1) is 19.3. The van der Waals surface area contributed by atoms with Gasteiger partial charge in [0.15, 0.2) is 0 Å². The molecule has 2 aliphatic rings. The van der Waals surface area contributed by atoms with Gasteiger partial charge in [0.05, 0.1) is 5.69 Å². The summed E-state index contributed by atoms with van der Waals surface area (Å²) in [6.45, 7) is 2.11. The van der Waals surface area contributed by atoms with Gasteiger partial charge in [-0.2, -0.15) is 5.10 Å². The van der Waals surface area contributed by atoms with Crippen molar-refractivity contribution in [3.05, 3.63) is 88.7 Å². The molecule has 3 aromatic rings. The Morgan fingerprint density at radius 1 is 1.13 bits per heavy atom. The molecular weight excluding hydrogens is 390 g/mol. The molecule has 1 aromatic heterocycles. The molecule has 3 heterocycles. The van der Waals surface area contributed by atoms with Gasteiger partial charge < -0.3 is 10.2 Å². The number of thioether (sulfide) groups is 1. The predicted molar refractivity (Wildman–Crippen MR) is 125 cm³/mol. The smallest absolute Gasteiger partial charge is 0.134 e. The second-order valence-electron chi connectivity index (χ2n) is 7.95. The van der Waals surface area contributed by atoms with Crippen LogP contribution in [0.3, 0.4) is 0 Å². The fraction of sp³-hybridized carbons (Fsp3) is 0.292. The van der Waals surface area contributed by atoms with Crippen molar-refractivity contribution >= 4 is 17.4 Å². The van der Waals surface area contributed by atoms with Crippen LogP contribution >= 0.6 is 11.8 Å². The van der Waals surface area contributed by atoms with Crippen LogP contribution in [0.4, 0.5) is 5.69 Å². The van der Waals surface area contributed by atoms with E-state index in [1.165, 1.54) is 27.3 Å². The summed E-state index contributed by atoms with van der Waals surface area (Å²) in [5, 5.41) is 7.57. The lowest BCUT2D eigenvalue weighted by Crippen LogP contribution is -2.43. The molecule has 6 heteroatoms. The zero-order chi connectivity index (χ0) is 20.5. The van der Waals surface area contributed by atoms with Crippen LogP contribution in [0.5, 0.6) is 0 Å². The minimum Gasteiger partial charge on any atom is -0.388 e. The van der Waals surface area contributed by atoms with E-state index >= 15 is 0 Å². The van der Waals surface area contributed by atoms with E-state index in [4.69, 9.17) is 0 Å². The van der Waals surface area contributed by atoms with E-state index in [1.54, 1.807) is 0 Å². The highest BCUT2D eigenvalue weighted by Gasteiger charge is 2.30. The van der Waals surface area contributed by atoms with Gasteiger partial charge in [-0.25, -0.2) is 4.68 Å². The number of nitrogens with one attached hydrogen (secondary N) is 1.